The lowest BCUT2D eigenvalue weighted by molar-refractivity contribution is -0.199. The zero-order chi connectivity index (χ0) is 38.1. The van der Waals surface area contributed by atoms with Crippen molar-refractivity contribution in [2.75, 3.05) is 31.3 Å². The highest BCUT2D eigenvalue weighted by atomic mass is 35.5. The van der Waals surface area contributed by atoms with Crippen molar-refractivity contribution >= 4 is 42.6 Å². The van der Waals surface area contributed by atoms with E-state index >= 15 is 0 Å². The molecule has 290 valence electrons. The minimum absolute atomic E-state index is 0.00300. The number of esters is 1. The summed E-state index contributed by atoms with van der Waals surface area (Å²) in [5.74, 6) is -1.61. The average molecular weight is 771 g/mol. The molecule has 1 saturated carbocycles. The number of rotatable bonds is 15. The van der Waals surface area contributed by atoms with Crippen LogP contribution in [0.15, 0.2) is 24.8 Å². The lowest BCUT2D eigenvalue weighted by Gasteiger charge is -2.36. The quantitative estimate of drug-likeness (QED) is 0.102. The van der Waals surface area contributed by atoms with E-state index in [9.17, 15) is 14.2 Å². The van der Waals surface area contributed by atoms with Gasteiger partial charge in [-0.15, -0.1) is 11.7 Å². The fourth-order valence-electron chi connectivity index (χ4n) is 7.05. The Hall–Kier alpha value is -2.62. The van der Waals surface area contributed by atoms with Crippen molar-refractivity contribution in [3.8, 4) is 0 Å². The van der Waals surface area contributed by atoms with Crippen molar-refractivity contribution in [2.45, 2.75) is 135 Å². The number of fused-ring (bicyclic) bond motifs is 2. The first-order valence-corrected chi connectivity index (χ1v) is 19.9. The Labute approximate surface area is 310 Å². The van der Waals surface area contributed by atoms with E-state index in [1.54, 1.807) is 50.1 Å². The molecule has 3 aliphatic rings. The number of aromatic nitrogens is 3. The fraction of sp³-hybridized carbons (Fsp3) is 0.714. The molecule has 1 amide bonds. The fourth-order valence-corrected chi connectivity index (χ4v) is 9.25. The summed E-state index contributed by atoms with van der Waals surface area (Å²) in [5.41, 5.74) is 0.323. The van der Waals surface area contributed by atoms with Crippen LogP contribution in [0.4, 0.5) is 10.6 Å². The lowest BCUT2D eigenvalue weighted by atomic mass is 10.1. The first-order valence-electron chi connectivity index (χ1n) is 17.9. The van der Waals surface area contributed by atoms with Gasteiger partial charge in [0, 0.05) is 12.5 Å². The molecular formula is C35H52ClN4O11P. The van der Waals surface area contributed by atoms with Crippen molar-refractivity contribution in [3.05, 3.63) is 35.8 Å². The summed E-state index contributed by atoms with van der Waals surface area (Å²) in [6.45, 7) is 17.4. The molecule has 4 heterocycles. The van der Waals surface area contributed by atoms with Gasteiger partial charge in [0.25, 0.3) is 5.34 Å². The molecule has 0 radical (unpaired) electrons. The van der Waals surface area contributed by atoms with Gasteiger partial charge in [0.1, 0.15) is 35.5 Å². The molecular weight excluding hydrogens is 719 g/mol. The van der Waals surface area contributed by atoms with Crippen LogP contribution in [0.25, 0.3) is 5.52 Å². The largest absolute Gasteiger partial charge is 0.463 e. The third kappa shape index (κ3) is 8.07. The molecule has 15 nitrogen and oxygen atoms in total. The van der Waals surface area contributed by atoms with Gasteiger partial charge in [0.2, 0.25) is 5.28 Å². The maximum Gasteiger partial charge on any atom is 0.416 e. The highest BCUT2D eigenvalue weighted by Gasteiger charge is 2.62. The molecule has 1 unspecified atom stereocenters. The van der Waals surface area contributed by atoms with E-state index in [1.165, 1.54) is 6.08 Å². The van der Waals surface area contributed by atoms with Crippen LogP contribution in [0, 0.1) is 0 Å². The topological polar surface area (TPSA) is 158 Å². The normalized spacial score (nSPS) is 24.5. The molecule has 2 aliphatic heterocycles. The summed E-state index contributed by atoms with van der Waals surface area (Å²) < 4.78 is 64.1. The molecule has 0 N–H and O–H groups in total. The van der Waals surface area contributed by atoms with E-state index in [-0.39, 0.29) is 44.2 Å². The van der Waals surface area contributed by atoms with Gasteiger partial charge in [-0.2, -0.15) is 4.98 Å². The lowest BCUT2D eigenvalue weighted by Crippen LogP contribution is -2.46. The minimum Gasteiger partial charge on any atom is -0.463 e. The Morgan fingerprint density at radius 2 is 1.75 bits per heavy atom. The van der Waals surface area contributed by atoms with Crippen LogP contribution in [0.1, 0.15) is 99.3 Å². The van der Waals surface area contributed by atoms with E-state index in [4.69, 9.17) is 49.1 Å². The van der Waals surface area contributed by atoms with Crippen LogP contribution in [0.3, 0.4) is 0 Å². The molecule has 2 aromatic rings. The maximum absolute atomic E-state index is 14.3. The molecule has 5 rings (SSSR count). The van der Waals surface area contributed by atoms with E-state index in [0.29, 0.717) is 17.0 Å². The second-order valence-corrected chi connectivity index (χ2v) is 16.9. The van der Waals surface area contributed by atoms with Crippen LogP contribution in [0.5, 0.6) is 0 Å². The minimum atomic E-state index is -4.29. The molecule has 0 bridgehead atoms. The van der Waals surface area contributed by atoms with Gasteiger partial charge in [0.15, 0.2) is 11.6 Å². The Morgan fingerprint density at radius 1 is 1.10 bits per heavy atom. The second kappa shape index (κ2) is 16.0. The first kappa shape index (κ1) is 40.6. The van der Waals surface area contributed by atoms with Crippen molar-refractivity contribution in [3.63, 3.8) is 0 Å². The highest BCUT2D eigenvalue weighted by molar-refractivity contribution is 7.56. The van der Waals surface area contributed by atoms with Gasteiger partial charge < -0.3 is 37.5 Å². The van der Waals surface area contributed by atoms with E-state index in [1.807, 2.05) is 26.8 Å². The number of ether oxygens (including phenoxy) is 6. The van der Waals surface area contributed by atoms with Crippen LogP contribution in [-0.2, 0) is 46.8 Å². The number of hydrogen-bond donors (Lipinski definition) is 0. The van der Waals surface area contributed by atoms with Crippen LogP contribution < -0.4 is 4.90 Å². The van der Waals surface area contributed by atoms with Crippen molar-refractivity contribution in [1.82, 2.24) is 14.6 Å². The summed E-state index contributed by atoms with van der Waals surface area (Å²) in [6.07, 6.45) is 1.17. The first-order chi connectivity index (χ1) is 24.5. The molecule has 17 heteroatoms. The molecule has 2 saturated heterocycles. The summed E-state index contributed by atoms with van der Waals surface area (Å²) >= 11 is 6.57. The third-order valence-electron chi connectivity index (χ3n) is 8.99. The standard InChI is InChI=1S/C35H52ClN4O11P/c1-10-20-35(30(41)44-11-2,52(43,46-12-3)47-13-4)45-21-25-27-28(50-34(8,9)49-27)26(48-25)23-18-19-24-29(37-31(36)38-40(23)24)39(22-16-14-15-17-22)32(42)51-33(5,6)7/h10,18-19,22,25-28H,1,11-17,20-21H2,2-9H3/t25-,26-,27-,28+,35?/m1/s1. The van der Waals surface area contributed by atoms with Crippen LogP contribution in [-0.4, -0.2) is 94.2 Å². The number of halogens is 1. The number of anilines is 1. The molecule has 3 fully saturated rings. The number of carbonyl (C=O) groups is 2. The predicted molar refractivity (Wildman–Crippen MR) is 191 cm³/mol. The molecule has 5 atom stereocenters. The summed E-state index contributed by atoms with van der Waals surface area (Å²) in [5, 5.41) is 2.27. The van der Waals surface area contributed by atoms with Crippen LogP contribution in [0.2, 0.25) is 5.28 Å². The van der Waals surface area contributed by atoms with Gasteiger partial charge in [-0.3, -0.25) is 9.46 Å². The molecule has 1 aliphatic carbocycles. The third-order valence-corrected chi connectivity index (χ3v) is 11.7. The summed E-state index contributed by atoms with van der Waals surface area (Å²) in [6, 6.07) is 3.47. The molecule has 0 spiro atoms. The van der Waals surface area contributed by atoms with Gasteiger partial charge in [-0.25, -0.2) is 14.1 Å². The van der Waals surface area contributed by atoms with Crippen LogP contribution >= 0.6 is 19.2 Å². The zero-order valence-corrected chi connectivity index (χ0v) is 32.9. The molecule has 52 heavy (non-hydrogen) atoms. The average Bonchev–Trinajstić information content (AvgIpc) is 3.83. The maximum atomic E-state index is 14.3. The smallest absolute Gasteiger partial charge is 0.416 e. The van der Waals surface area contributed by atoms with Crippen molar-refractivity contribution in [2.24, 2.45) is 0 Å². The Morgan fingerprint density at radius 3 is 2.35 bits per heavy atom. The Bertz CT molecular complexity index is 1650. The molecule has 0 aromatic carbocycles. The van der Waals surface area contributed by atoms with Gasteiger partial charge >= 0.3 is 19.7 Å². The Balaban J connectivity index is 1.53. The monoisotopic (exact) mass is 770 g/mol. The Kier molecular flexibility index (Phi) is 12.5. The van der Waals surface area contributed by atoms with Crippen molar-refractivity contribution < 1.29 is 51.6 Å². The number of nitrogens with zero attached hydrogens (tertiary/aromatic N) is 4. The van der Waals surface area contributed by atoms with Gasteiger partial charge in [0.05, 0.1) is 32.1 Å². The zero-order valence-electron chi connectivity index (χ0n) is 31.3. The number of amides is 1. The van der Waals surface area contributed by atoms with Crippen molar-refractivity contribution in [1.29, 1.82) is 0 Å². The summed E-state index contributed by atoms with van der Waals surface area (Å²) in [4.78, 5) is 33.5. The van der Waals surface area contributed by atoms with E-state index < -0.39 is 60.8 Å². The summed E-state index contributed by atoms with van der Waals surface area (Å²) in [7, 11) is -4.29. The number of hydrogen-bond acceptors (Lipinski definition) is 13. The van der Waals surface area contributed by atoms with Gasteiger partial charge in [-0.05, 0) is 92.0 Å². The highest BCUT2D eigenvalue weighted by Crippen LogP contribution is 2.63. The number of carbonyl (C=O) groups excluding carboxylic acids is 2. The SMILES string of the molecule is C=CCC(OC[C@H]1O[C@H](c2ccc3c(N(C(=O)OC(C)(C)C)C4CCCC4)nc(Cl)nn23)[C@@H]2OC(C)(C)O[C@@H]21)(C(=O)OCC)P(=O)(OCC)OCC. The van der Waals surface area contributed by atoms with E-state index in [0.717, 1.165) is 25.7 Å². The van der Waals surface area contributed by atoms with E-state index in [2.05, 4.69) is 16.7 Å². The molecule has 2 aromatic heterocycles. The van der Waals surface area contributed by atoms with Gasteiger partial charge in [-0.1, -0.05) is 18.9 Å². The second-order valence-electron chi connectivity index (χ2n) is 14.3. The predicted octanol–water partition coefficient (Wildman–Crippen LogP) is 7.15.